The number of nitrogens with zero attached hydrogens (tertiary/aromatic N) is 4. The van der Waals surface area contributed by atoms with Gasteiger partial charge in [-0.3, -0.25) is 28.8 Å². The Balaban J connectivity index is 1.26. The van der Waals surface area contributed by atoms with Gasteiger partial charge in [-0.05, 0) is 80.2 Å². The number of allylic oxidation sites excluding steroid dienone is 3. The molecule has 2 aliphatic heterocycles. The molecular weight excluding hydrogens is 684 g/mol. The first-order chi connectivity index (χ1) is 24.4. The van der Waals surface area contributed by atoms with Crippen molar-refractivity contribution in [3.63, 3.8) is 0 Å². The molecule has 6 atom stereocenters. The number of aromatic hydroxyl groups is 1. The fourth-order valence-corrected chi connectivity index (χ4v) is 10.8. The average molecular weight is 723 g/mol. The molecule has 0 bridgehead atoms. The van der Waals surface area contributed by atoms with Gasteiger partial charge < -0.3 is 5.11 Å². The van der Waals surface area contributed by atoms with Crippen LogP contribution in [0.5, 0.6) is 5.75 Å². The molecule has 262 valence electrons. The van der Waals surface area contributed by atoms with E-state index in [4.69, 9.17) is 16.7 Å². The van der Waals surface area contributed by atoms with Crippen LogP contribution in [0.4, 0.5) is 5.82 Å². The van der Waals surface area contributed by atoms with Crippen LogP contribution in [-0.2, 0) is 32.6 Å². The van der Waals surface area contributed by atoms with E-state index in [1.54, 1.807) is 35.2 Å². The molecule has 1 saturated carbocycles. The van der Waals surface area contributed by atoms with E-state index < -0.39 is 35.0 Å². The van der Waals surface area contributed by atoms with Gasteiger partial charge in [0, 0.05) is 40.9 Å². The van der Waals surface area contributed by atoms with Crippen molar-refractivity contribution in [2.75, 3.05) is 11.4 Å². The predicted molar refractivity (Wildman–Crippen MR) is 197 cm³/mol. The molecule has 4 heterocycles. The monoisotopic (exact) mass is 722 g/mol. The molecule has 4 amide bonds. The second-order valence-corrected chi connectivity index (χ2v) is 16.0. The minimum Gasteiger partial charge on any atom is -0.507 e. The van der Waals surface area contributed by atoms with Gasteiger partial charge in [-0.15, -0.1) is 17.9 Å². The van der Waals surface area contributed by atoms with Crippen LogP contribution in [0.1, 0.15) is 55.7 Å². The SMILES string of the molecule is C=CCc1cccc(C2C3=CCC4C(=O)N(CCC)C(=O)C4C3CC3C(=O)N(c4cc(-c5sc6ccc(Cl)cc6c5C)nn4C)C(=O)C32C)c1O. The molecule has 1 N–H and O–H groups in total. The zero-order valence-electron chi connectivity index (χ0n) is 29.0. The minimum absolute atomic E-state index is 0.0503. The lowest BCUT2D eigenvalue weighted by Crippen LogP contribution is -2.49. The Morgan fingerprint density at radius 2 is 1.88 bits per heavy atom. The van der Waals surface area contributed by atoms with Crippen molar-refractivity contribution in [3.8, 4) is 16.3 Å². The number of imide groups is 2. The zero-order chi connectivity index (χ0) is 36.1. The van der Waals surface area contributed by atoms with Gasteiger partial charge in [0.15, 0.2) is 0 Å². The Morgan fingerprint density at radius 3 is 2.63 bits per heavy atom. The van der Waals surface area contributed by atoms with Crippen LogP contribution in [0.25, 0.3) is 20.7 Å². The largest absolute Gasteiger partial charge is 0.507 e. The number of anilines is 1. The van der Waals surface area contributed by atoms with Crippen molar-refractivity contribution in [3.05, 3.63) is 88.5 Å². The summed E-state index contributed by atoms with van der Waals surface area (Å²) in [7, 11) is 1.73. The standard InChI is InChI=1S/C40H39ClN4O5S/c1-6-9-21-10-8-11-25(34(21)46)33-23-13-14-24-32(38(49)44(16-7-2)36(24)47)27(23)18-28-37(48)45(39(50)40(28,33)4)31-19-29(42-43(31)5)35-20(3)26-17-22(41)12-15-30(26)51-35/h6,8,10-13,15,17,19,24,27-28,32-33,46H,1,7,9,14,16,18H2,2-5H3. The number of fused-ring (bicyclic) bond motifs is 5. The number of carbonyl (C=O) groups excluding carboxylic acids is 4. The number of phenols is 1. The number of rotatable bonds is 7. The van der Waals surface area contributed by atoms with E-state index in [0.29, 0.717) is 53.5 Å². The van der Waals surface area contributed by atoms with Crippen molar-refractivity contribution in [2.24, 2.45) is 36.1 Å². The van der Waals surface area contributed by atoms with Crippen LogP contribution in [0.15, 0.2) is 66.8 Å². The minimum atomic E-state index is -1.29. The summed E-state index contributed by atoms with van der Waals surface area (Å²) in [5, 5.41) is 18.2. The first-order valence-electron chi connectivity index (χ1n) is 17.5. The Hall–Kier alpha value is -4.54. The maximum absolute atomic E-state index is 15.1. The molecule has 3 fully saturated rings. The second-order valence-electron chi connectivity index (χ2n) is 14.5. The normalized spacial score (nSPS) is 27.2. The summed E-state index contributed by atoms with van der Waals surface area (Å²) < 4.78 is 2.63. The van der Waals surface area contributed by atoms with Crippen molar-refractivity contribution >= 4 is 62.5 Å². The molecular formula is C40H39ClN4O5S. The summed E-state index contributed by atoms with van der Waals surface area (Å²) >= 11 is 7.88. The van der Waals surface area contributed by atoms with E-state index in [2.05, 4.69) is 6.58 Å². The first kappa shape index (κ1) is 33.6. The van der Waals surface area contributed by atoms with Gasteiger partial charge in [-0.1, -0.05) is 54.4 Å². The highest BCUT2D eigenvalue weighted by molar-refractivity contribution is 7.22. The van der Waals surface area contributed by atoms with E-state index in [1.165, 1.54) is 9.80 Å². The Labute approximate surface area is 305 Å². The number of amides is 4. The summed E-state index contributed by atoms with van der Waals surface area (Å²) in [5.74, 6) is -3.82. The molecule has 8 rings (SSSR count). The predicted octanol–water partition coefficient (Wildman–Crippen LogP) is 7.34. The molecule has 0 radical (unpaired) electrons. The van der Waals surface area contributed by atoms with E-state index in [-0.39, 0.29) is 35.8 Å². The first-order valence-corrected chi connectivity index (χ1v) is 18.7. The van der Waals surface area contributed by atoms with E-state index in [1.807, 2.05) is 63.2 Å². The lowest BCUT2D eigenvalue weighted by molar-refractivity contribution is -0.140. The third-order valence-electron chi connectivity index (χ3n) is 11.9. The van der Waals surface area contributed by atoms with Crippen LogP contribution in [0, 0.1) is 36.0 Å². The smallest absolute Gasteiger partial charge is 0.242 e. The van der Waals surface area contributed by atoms with Gasteiger partial charge in [0.25, 0.3) is 0 Å². The molecule has 2 aromatic carbocycles. The van der Waals surface area contributed by atoms with Crippen LogP contribution in [0.2, 0.25) is 5.02 Å². The Kier molecular flexibility index (Phi) is 7.92. The molecule has 2 aliphatic carbocycles. The number of hydrogen-bond donors (Lipinski definition) is 1. The molecule has 2 aromatic heterocycles. The van der Waals surface area contributed by atoms with Crippen molar-refractivity contribution in [1.29, 1.82) is 0 Å². The van der Waals surface area contributed by atoms with Crippen LogP contribution < -0.4 is 4.90 Å². The third kappa shape index (κ3) is 4.68. The van der Waals surface area contributed by atoms with Gasteiger partial charge in [-0.2, -0.15) is 5.10 Å². The average Bonchev–Trinajstić information content (AvgIpc) is 3.77. The molecule has 0 spiro atoms. The van der Waals surface area contributed by atoms with Crippen LogP contribution >= 0.6 is 22.9 Å². The number of thiophene rings is 1. The molecule has 6 unspecified atom stereocenters. The Morgan fingerprint density at radius 1 is 1.10 bits per heavy atom. The molecule has 4 aromatic rings. The highest BCUT2D eigenvalue weighted by Crippen LogP contribution is 2.64. The number of halogens is 1. The van der Waals surface area contributed by atoms with Gasteiger partial charge in [0.2, 0.25) is 23.6 Å². The number of carbonyl (C=O) groups is 4. The summed E-state index contributed by atoms with van der Waals surface area (Å²) in [6.07, 6.45) is 5.40. The number of phenolic OH excluding ortho intramolecular Hbond substituents is 1. The number of hydrogen-bond acceptors (Lipinski definition) is 7. The second kappa shape index (κ2) is 12.0. The zero-order valence-corrected chi connectivity index (χ0v) is 30.6. The molecule has 4 aliphatic rings. The topological polar surface area (TPSA) is 113 Å². The van der Waals surface area contributed by atoms with Gasteiger partial charge in [-0.25, -0.2) is 4.90 Å². The van der Waals surface area contributed by atoms with Gasteiger partial charge >= 0.3 is 0 Å². The number of para-hydroxylation sites is 1. The van der Waals surface area contributed by atoms with E-state index >= 15 is 4.79 Å². The molecule has 9 nitrogen and oxygen atoms in total. The lowest BCUT2D eigenvalue weighted by Gasteiger charge is -2.49. The lowest BCUT2D eigenvalue weighted by atomic mass is 9.51. The van der Waals surface area contributed by atoms with Crippen LogP contribution in [-0.4, -0.2) is 50.0 Å². The van der Waals surface area contributed by atoms with Crippen molar-refractivity contribution < 1.29 is 24.3 Å². The van der Waals surface area contributed by atoms with Crippen LogP contribution in [0.3, 0.4) is 0 Å². The summed E-state index contributed by atoms with van der Waals surface area (Å²) in [6, 6.07) is 13.0. The maximum atomic E-state index is 15.1. The Bertz CT molecular complexity index is 2240. The van der Waals surface area contributed by atoms with Gasteiger partial charge in [0.1, 0.15) is 17.3 Å². The summed E-state index contributed by atoms with van der Waals surface area (Å²) in [5.41, 5.74) is 2.39. The van der Waals surface area contributed by atoms with E-state index in [9.17, 15) is 19.5 Å². The summed E-state index contributed by atoms with van der Waals surface area (Å²) in [4.78, 5) is 60.9. The highest BCUT2D eigenvalue weighted by Gasteiger charge is 2.68. The highest BCUT2D eigenvalue weighted by atomic mass is 35.5. The fourth-order valence-electron chi connectivity index (χ4n) is 9.47. The quantitative estimate of drug-likeness (QED) is 0.158. The number of benzene rings is 2. The molecule has 51 heavy (non-hydrogen) atoms. The third-order valence-corrected chi connectivity index (χ3v) is 13.4. The molecule has 11 heteroatoms. The van der Waals surface area contributed by atoms with Crippen molar-refractivity contribution in [2.45, 2.75) is 52.4 Å². The number of aryl methyl sites for hydroxylation is 2. The fraction of sp³-hybridized carbons (Fsp3) is 0.375. The van der Waals surface area contributed by atoms with E-state index in [0.717, 1.165) is 26.1 Å². The maximum Gasteiger partial charge on any atom is 0.242 e. The molecule has 2 saturated heterocycles. The van der Waals surface area contributed by atoms with Crippen molar-refractivity contribution in [1.82, 2.24) is 14.7 Å². The van der Waals surface area contributed by atoms with Gasteiger partial charge in [0.05, 0.1) is 28.0 Å². The number of likely N-dealkylation sites (tertiary alicyclic amines) is 1. The summed E-state index contributed by atoms with van der Waals surface area (Å²) in [6.45, 7) is 9.97. The number of aromatic nitrogens is 2.